The predicted octanol–water partition coefficient (Wildman–Crippen LogP) is 4.29. The van der Waals surface area contributed by atoms with Crippen LogP contribution in [0.5, 0.6) is 5.75 Å². The molecule has 3 aromatic rings. The first-order chi connectivity index (χ1) is 15.8. The number of ether oxygens (including phenoxy) is 1. The zero-order valence-corrected chi connectivity index (χ0v) is 18.8. The minimum Gasteiger partial charge on any atom is -0.494 e. The number of benzene rings is 2. The van der Waals surface area contributed by atoms with Gasteiger partial charge in [0.05, 0.1) is 19.8 Å². The fourth-order valence-electron chi connectivity index (χ4n) is 4.71. The van der Waals surface area contributed by atoms with Crippen LogP contribution >= 0.6 is 0 Å². The molecular weight excluding hydrogens is 398 g/mol. The van der Waals surface area contributed by atoms with Crippen molar-refractivity contribution < 1.29 is 9.84 Å². The van der Waals surface area contributed by atoms with Gasteiger partial charge >= 0.3 is 0 Å². The van der Waals surface area contributed by atoms with E-state index < -0.39 is 0 Å². The van der Waals surface area contributed by atoms with Crippen LogP contribution in [0.25, 0.3) is 17.0 Å². The first-order valence-corrected chi connectivity index (χ1v) is 11.5. The van der Waals surface area contributed by atoms with E-state index in [1.165, 1.54) is 12.0 Å². The van der Waals surface area contributed by atoms with Crippen LogP contribution in [0.3, 0.4) is 0 Å². The monoisotopic (exact) mass is 431 g/mol. The van der Waals surface area contributed by atoms with Gasteiger partial charge in [-0.1, -0.05) is 54.6 Å². The number of fused-ring (bicyclic) bond motifs is 1. The van der Waals surface area contributed by atoms with Gasteiger partial charge in [-0.25, -0.2) is 0 Å². The number of likely N-dealkylation sites (tertiary alicyclic amines) is 1. The molecule has 1 saturated heterocycles. The van der Waals surface area contributed by atoms with Gasteiger partial charge in [-0.05, 0) is 55.1 Å². The van der Waals surface area contributed by atoms with Crippen LogP contribution in [0.1, 0.15) is 30.0 Å². The molecule has 1 fully saturated rings. The molecule has 1 aliphatic heterocycles. The third-order valence-electron chi connectivity index (χ3n) is 6.32. The molecule has 4 rings (SSSR count). The Balaban J connectivity index is 1.39. The van der Waals surface area contributed by atoms with Gasteiger partial charge in [-0.2, -0.15) is 0 Å². The van der Waals surface area contributed by atoms with Crippen LogP contribution in [-0.2, 0) is 0 Å². The lowest BCUT2D eigenvalue weighted by atomic mass is 9.93. The summed E-state index contributed by atoms with van der Waals surface area (Å²) in [5.41, 5.74) is 3.20. The molecule has 0 spiro atoms. The van der Waals surface area contributed by atoms with Gasteiger partial charge in [-0.15, -0.1) is 0 Å². The molecule has 1 aromatic heterocycles. The Morgan fingerprint density at radius 3 is 2.88 bits per heavy atom. The van der Waals surface area contributed by atoms with Crippen molar-refractivity contribution in [3.8, 4) is 5.75 Å². The van der Waals surface area contributed by atoms with Crippen molar-refractivity contribution in [1.82, 2.24) is 15.2 Å². The third-order valence-corrected chi connectivity index (χ3v) is 6.32. The Bertz CT molecular complexity index is 1020. The minimum atomic E-state index is -0.0339. The van der Waals surface area contributed by atoms with Crippen molar-refractivity contribution in [3.05, 3.63) is 78.0 Å². The molecule has 2 N–H and O–H groups in total. The van der Waals surface area contributed by atoms with Gasteiger partial charge in [0.15, 0.2) is 0 Å². The van der Waals surface area contributed by atoms with Crippen molar-refractivity contribution in [3.63, 3.8) is 0 Å². The fraction of sp³-hybridized carbons (Fsp3) is 0.370. The highest BCUT2D eigenvalue weighted by Crippen LogP contribution is 2.33. The van der Waals surface area contributed by atoms with Gasteiger partial charge < -0.3 is 15.2 Å². The number of aliphatic hydroxyl groups excluding tert-OH is 1. The number of hydrogen-bond donors (Lipinski definition) is 2. The van der Waals surface area contributed by atoms with Gasteiger partial charge in [0.2, 0.25) is 0 Å². The number of methoxy groups -OCH3 is 1. The largest absolute Gasteiger partial charge is 0.494 e. The van der Waals surface area contributed by atoms with Crippen LogP contribution in [-0.4, -0.2) is 54.9 Å². The van der Waals surface area contributed by atoms with Crippen LogP contribution in [0.2, 0.25) is 0 Å². The van der Waals surface area contributed by atoms with E-state index in [1.807, 2.05) is 30.5 Å². The van der Waals surface area contributed by atoms with E-state index in [0.717, 1.165) is 54.8 Å². The topological polar surface area (TPSA) is 57.6 Å². The highest BCUT2D eigenvalue weighted by atomic mass is 16.5. The summed E-state index contributed by atoms with van der Waals surface area (Å²) in [5, 5.41) is 15.0. The van der Waals surface area contributed by atoms with E-state index >= 15 is 0 Å². The highest BCUT2D eigenvalue weighted by Gasteiger charge is 2.27. The van der Waals surface area contributed by atoms with Gasteiger partial charge in [0.25, 0.3) is 0 Å². The minimum absolute atomic E-state index is 0.0339. The van der Waals surface area contributed by atoms with Gasteiger partial charge in [0, 0.05) is 24.7 Å². The smallest absolute Gasteiger partial charge is 0.145 e. The lowest BCUT2D eigenvalue weighted by molar-refractivity contribution is 0.0803. The molecule has 0 bridgehead atoms. The van der Waals surface area contributed by atoms with Crippen LogP contribution in [0.4, 0.5) is 0 Å². The maximum absolute atomic E-state index is 10.3. The van der Waals surface area contributed by atoms with Crippen molar-refractivity contribution in [1.29, 1.82) is 0 Å². The van der Waals surface area contributed by atoms with Crippen molar-refractivity contribution in [2.45, 2.75) is 18.9 Å². The summed E-state index contributed by atoms with van der Waals surface area (Å²) >= 11 is 0. The summed E-state index contributed by atoms with van der Waals surface area (Å²) in [6.07, 6.45) is 8.53. The summed E-state index contributed by atoms with van der Waals surface area (Å²) in [5.74, 6) is 1.34. The zero-order valence-electron chi connectivity index (χ0n) is 18.8. The van der Waals surface area contributed by atoms with Crippen molar-refractivity contribution in [2.24, 2.45) is 5.92 Å². The quantitative estimate of drug-likeness (QED) is 0.495. The maximum atomic E-state index is 10.3. The van der Waals surface area contributed by atoms with E-state index in [9.17, 15) is 5.11 Å². The molecule has 5 heteroatoms. The highest BCUT2D eigenvalue weighted by molar-refractivity contribution is 5.87. The second-order valence-electron chi connectivity index (χ2n) is 8.43. The summed E-state index contributed by atoms with van der Waals surface area (Å²) < 4.78 is 5.50. The Labute approximate surface area is 190 Å². The van der Waals surface area contributed by atoms with E-state index in [4.69, 9.17) is 4.74 Å². The standard InChI is InChI=1S/C27H33N3O2/c1-32-26-13-5-12-24-23(14-16-29-27(24)26)25(20-31)30-17-7-11-22(19-30)18-28-15-6-10-21-8-3-2-4-9-21/h2-6,8-10,12-14,16,22,25,28,31H,7,11,15,17-20H2,1H3/t22-,25?/m1/s1. The van der Waals surface area contributed by atoms with Crippen LogP contribution in [0, 0.1) is 5.92 Å². The molecule has 1 aliphatic rings. The normalized spacial score (nSPS) is 18.2. The summed E-state index contributed by atoms with van der Waals surface area (Å²) in [6.45, 7) is 3.93. The molecule has 2 heterocycles. The van der Waals surface area contributed by atoms with E-state index in [-0.39, 0.29) is 12.6 Å². The number of hydrogen-bond acceptors (Lipinski definition) is 5. The fourth-order valence-corrected chi connectivity index (χ4v) is 4.71. The second-order valence-corrected chi connectivity index (χ2v) is 8.43. The van der Waals surface area contributed by atoms with Gasteiger partial charge in [-0.3, -0.25) is 9.88 Å². The lowest BCUT2D eigenvalue weighted by Gasteiger charge is -2.38. The molecule has 2 atom stereocenters. The number of piperidine rings is 1. The summed E-state index contributed by atoms with van der Waals surface area (Å²) in [4.78, 5) is 6.96. The molecule has 0 saturated carbocycles. The Kier molecular flexibility index (Phi) is 7.88. The Hall–Kier alpha value is -2.73. The summed E-state index contributed by atoms with van der Waals surface area (Å²) in [6, 6.07) is 18.4. The predicted molar refractivity (Wildman–Crippen MR) is 131 cm³/mol. The first-order valence-electron chi connectivity index (χ1n) is 11.5. The SMILES string of the molecule is COc1cccc2c(C(CO)N3CCC[C@H](CNCC=Cc4ccccc4)C3)ccnc12. The average molecular weight is 432 g/mol. The second kappa shape index (κ2) is 11.2. The van der Waals surface area contributed by atoms with E-state index in [0.29, 0.717) is 5.92 Å². The molecule has 0 radical (unpaired) electrons. The van der Waals surface area contributed by atoms with E-state index in [1.54, 1.807) is 7.11 Å². The molecular formula is C27H33N3O2. The third kappa shape index (κ3) is 5.36. The Morgan fingerprint density at radius 1 is 1.19 bits per heavy atom. The van der Waals surface area contributed by atoms with Gasteiger partial charge in [0.1, 0.15) is 11.3 Å². The molecule has 0 amide bonds. The lowest BCUT2D eigenvalue weighted by Crippen LogP contribution is -2.42. The Morgan fingerprint density at radius 2 is 2.06 bits per heavy atom. The average Bonchev–Trinajstić information content (AvgIpc) is 2.85. The van der Waals surface area contributed by atoms with Crippen LogP contribution in [0.15, 0.2) is 66.9 Å². The number of aromatic nitrogens is 1. The molecule has 2 aromatic carbocycles. The molecule has 1 unspecified atom stereocenters. The number of para-hydroxylation sites is 1. The molecule has 5 nitrogen and oxygen atoms in total. The number of pyridine rings is 1. The first kappa shape index (κ1) is 22.5. The maximum Gasteiger partial charge on any atom is 0.145 e. The number of aliphatic hydroxyl groups is 1. The molecule has 0 aliphatic carbocycles. The zero-order chi connectivity index (χ0) is 22.2. The van der Waals surface area contributed by atoms with Crippen molar-refractivity contribution >= 4 is 17.0 Å². The van der Waals surface area contributed by atoms with Crippen molar-refractivity contribution in [2.75, 3.05) is 39.9 Å². The van der Waals surface area contributed by atoms with E-state index in [2.05, 4.69) is 57.7 Å². The molecule has 32 heavy (non-hydrogen) atoms. The molecule has 168 valence electrons. The number of rotatable bonds is 9. The number of nitrogens with zero attached hydrogens (tertiary/aromatic N) is 2. The van der Waals surface area contributed by atoms with Crippen LogP contribution < -0.4 is 10.1 Å². The number of nitrogens with one attached hydrogen (secondary N) is 1. The summed E-state index contributed by atoms with van der Waals surface area (Å²) in [7, 11) is 1.67.